The number of benzene rings is 2. The second kappa shape index (κ2) is 11.7. The van der Waals surface area contributed by atoms with Crippen LogP contribution in [0, 0.1) is 11.6 Å². The Hall–Kier alpha value is -4.00. The van der Waals surface area contributed by atoms with E-state index in [1.165, 1.54) is 38.3 Å². The van der Waals surface area contributed by atoms with Gasteiger partial charge in [0.15, 0.2) is 5.82 Å². The molecule has 4 heterocycles. The van der Waals surface area contributed by atoms with Gasteiger partial charge in [-0.1, -0.05) is 13.0 Å². The summed E-state index contributed by atoms with van der Waals surface area (Å²) in [5.41, 5.74) is -0.539. The van der Waals surface area contributed by atoms with E-state index in [-0.39, 0.29) is 76.3 Å². The molecule has 1 N–H and O–H groups in total. The van der Waals surface area contributed by atoms with Gasteiger partial charge < -0.3 is 19.5 Å². The lowest BCUT2D eigenvalue weighted by molar-refractivity contribution is -0.119. The Kier molecular flexibility index (Phi) is 8.09. The SMILES string of the molecule is CCc1c(F)ccc2cc(O)cc(-c3nc(OC)c4c(N(CC)CC(F)(F)F)nc(OCC56CCCN5CCC6)nc4c3F)c12. The lowest BCUT2D eigenvalue weighted by Crippen LogP contribution is -2.43. The minimum atomic E-state index is -4.60. The molecule has 0 saturated carbocycles. The first-order chi connectivity index (χ1) is 21.5. The molecule has 13 heteroatoms. The topological polar surface area (TPSA) is 83.8 Å². The lowest BCUT2D eigenvalue weighted by Gasteiger charge is -2.31. The van der Waals surface area contributed by atoms with E-state index >= 15 is 4.39 Å². The number of fused-ring (bicyclic) bond motifs is 3. The van der Waals surface area contributed by atoms with Crippen molar-refractivity contribution in [2.24, 2.45) is 0 Å². The first kappa shape index (κ1) is 31.0. The molecule has 2 saturated heterocycles. The fourth-order valence-corrected chi connectivity index (χ4v) is 6.97. The summed E-state index contributed by atoms with van der Waals surface area (Å²) in [7, 11) is 1.25. The molecule has 8 nitrogen and oxygen atoms in total. The summed E-state index contributed by atoms with van der Waals surface area (Å²) in [5.74, 6) is -2.19. The van der Waals surface area contributed by atoms with E-state index in [1.807, 2.05) is 0 Å². The molecule has 2 aliphatic rings. The molecule has 4 aromatic rings. The Morgan fingerprint density at radius 1 is 1.02 bits per heavy atom. The highest BCUT2D eigenvalue weighted by Gasteiger charge is 2.45. The van der Waals surface area contributed by atoms with Gasteiger partial charge in [-0.2, -0.15) is 23.1 Å². The van der Waals surface area contributed by atoms with Crippen LogP contribution in [0.15, 0.2) is 24.3 Å². The predicted molar refractivity (Wildman–Crippen MR) is 160 cm³/mol. The van der Waals surface area contributed by atoms with Crippen LogP contribution in [0.2, 0.25) is 0 Å². The van der Waals surface area contributed by atoms with Gasteiger partial charge in [-0.15, -0.1) is 0 Å². The summed E-state index contributed by atoms with van der Waals surface area (Å²) in [6.45, 7) is 3.86. The van der Waals surface area contributed by atoms with Gasteiger partial charge in [-0.3, -0.25) is 4.90 Å². The molecule has 0 aliphatic carbocycles. The number of methoxy groups -OCH3 is 1. The van der Waals surface area contributed by atoms with E-state index in [0.717, 1.165) is 43.7 Å². The molecule has 0 spiro atoms. The maximum absolute atomic E-state index is 16.8. The Labute approximate surface area is 256 Å². The van der Waals surface area contributed by atoms with E-state index in [0.29, 0.717) is 10.8 Å². The largest absolute Gasteiger partial charge is 0.508 e. The number of nitrogens with zero attached hydrogens (tertiary/aromatic N) is 5. The van der Waals surface area contributed by atoms with Crippen molar-refractivity contribution in [2.75, 3.05) is 44.8 Å². The number of rotatable bonds is 9. The lowest BCUT2D eigenvalue weighted by atomic mass is 9.94. The molecular formula is C32H34F5N5O3. The van der Waals surface area contributed by atoms with E-state index in [4.69, 9.17) is 9.47 Å². The zero-order valence-electron chi connectivity index (χ0n) is 25.3. The Morgan fingerprint density at radius 3 is 2.40 bits per heavy atom. The van der Waals surface area contributed by atoms with Crippen LogP contribution in [0.5, 0.6) is 17.6 Å². The number of ether oxygens (including phenoxy) is 2. The molecule has 6 rings (SSSR count). The quantitative estimate of drug-likeness (QED) is 0.202. The summed E-state index contributed by atoms with van der Waals surface area (Å²) < 4.78 is 84.5. The van der Waals surface area contributed by atoms with E-state index in [2.05, 4.69) is 19.9 Å². The van der Waals surface area contributed by atoms with E-state index in [1.54, 1.807) is 6.92 Å². The van der Waals surface area contributed by atoms with Gasteiger partial charge in [0.2, 0.25) is 5.88 Å². The first-order valence-corrected chi connectivity index (χ1v) is 15.1. The molecule has 0 unspecified atom stereocenters. The van der Waals surface area contributed by atoms with Crippen molar-refractivity contribution in [3.05, 3.63) is 41.5 Å². The Balaban J connectivity index is 1.59. The number of hydrogen-bond acceptors (Lipinski definition) is 8. The van der Waals surface area contributed by atoms with Gasteiger partial charge in [-0.25, -0.2) is 13.8 Å². The summed E-state index contributed by atoms with van der Waals surface area (Å²) in [5, 5.41) is 11.2. The van der Waals surface area contributed by atoms with Crippen molar-refractivity contribution >= 4 is 27.5 Å². The molecule has 0 radical (unpaired) electrons. The van der Waals surface area contributed by atoms with Crippen molar-refractivity contribution in [3.8, 4) is 28.9 Å². The third-order valence-electron chi connectivity index (χ3n) is 9.00. The van der Waals surface area contributed by atoms with Crippen molar-refractivity contribution in [2.45, 2.75) is 57.7 Å². The average molecular weight is 632 g/mol. The molecule has 0 atom stereocenters. The monoisotopic (exact) mass is 631 g/mol. The van der Waals surface area contributed by atoms with Crippen LogP contribution < -0.4 is 14.4 Å². The Morgan fingerprint density at radius 2 is 1.76 bits per heavy atom. The summed E-state index contributed by atoms with van der Waals surface area (Å²) in [6, 6.07) is 5.18. The van der Waals surface area contributed by atoms with Gasteiger partial charge in [0.25, 0.3) is 0 Å². The molecule has 2 aromatic carbocycles. The van der Waals surface area contributed by atoms with Gasteiger partial charge in [0, 0.05) is 12.1 Å². The zero-order chi connectivity index (χ0) is 32.1. The van der Waals surface area contributed by atoms with Crippen LogP contribution in [0.4, 0.5) is 27.8 Å². The molecule has 2 fully saturated rings. The third kappa shape index (κ3) is 5.55. The van der Waals surface area contributed by atoms with Gasteiger partial charge in [0.05, 0.1) is 12.6 Å². The predicted octanol–water partition coefficient (Wildman–Crippen LogP) is 6.80. The fraction of sp³-hybridized carbons (Fsp3) is 0.469. The summed E-state index contributed by atoms with van der Waals surface area (Å²) in [6.07, 6.45) is -0.524. The van der Waals surface area contributed by atoms with Gasteiger partial charge in [-0.05, 0) is 86.7 Å². The number of alkyl halides is 3. The maximum Gasteiger partial charge on any atom is 0.405 e. The van der Waals surface area contributed by atoms with Crippen LogP contribution in [-0.4, -0.2) is 76.6 Å². The second-order valence-electron chi connectivity index (χ2n) is 11.6. The number of halogens is 5. The van der Waals surface area contributed by atoms with Crippen molar-refractivity contribution < 1.29 is 36.5 Å². The minimum Gasteiger partial charge on any atom is -0.508 e. The van der Waals surface area contributed by atoms with E-state index < -0.39 is 24.4 Å². The van der Waals surface area contributed by atoms with Crippen LogP contribution in [0.3, 0.4) is 0 Å². The van der Waals surface area contributed by atoms with Crippen molar-refractivity contribution in [1.29, 1.82) is 0 Å². The molecule has 2 aliphatic heterocycles. The highest BCUT2D eigenvalue weighted by atomic mass is 19.4. The Bertz CT molecular complexity index is 1760. The number of aryl methyl sites for hydroxylation is 1. The molecule has 0 bridgehead atoms. The number of phenolic OH excluding ortho intramolecular Hbond substituents is 1. The zero-order valence-corrected chi connectivity index (χ0v) is 25.3. The average Bonchev–Trinajstić information content (AvgIpc) is 3.59. The number of aromatic hydroxyl groups is 1. The minimum absolute atomic E-state index is 0.0794. The van der Waals surface area contributed by atoms with Crippen molar-refractivity contribution in [1.82, 2.24) is 19.9 Å². The molecule has 240 valence electrons. The van der Waals surface area contributed by atoms with Gasteiger partial charge in [0.1, 0.15) is 47.1 Å². The van der Waals surface area contributed by atoms with Crippen molar-refractivity contribution in [3.63, 3.8) is 0 Å². The molecular weight excluding hydrogens is 597 g/mol. The van der Waals surface area contributed by atoms with Crippen LogP contribution >= 0.6 is 0 Å². The number of hydrogen-bond donors (Lipinski definition) is 1. The number of phenols is 1. The first-order valence-electron chi connectivity index (χ1n) is 15.1. The van der Waals surface area contributed by atoms with Crippen LogP contribution in [0.1, 0.15) is 45.1 Å². The fourth-order valence-electron chi connectivity index (χ4n) is 6.97. The summed E-state index contributed by atoms with van der Waals surface area (Å²) >= 11 is 0. The molecule has 45 heavy (non-hydrogen) atoms. The number of pyridine rings is 1. The molecule has 2 aromatic heterocycles. The number of anilines is 1. The third-order valence-corrected chi connectivity index (χ3v) is 9.00. The highest BCUT2D eigenvalue weighted by molar-refractivity contribution is 6.03. The highest BCUT2D eigenvalue weighted by Crippen LogP contribution is 2.43. The normalized spacial score (nSPS) is 16.4. The van der Waals surface area contributed by atoms with E-state index in [9.17, 15) is 22.7 Å². The second-order valence-corrected chi connectivity index (χ2v) is 11.6. The smallest absolute Gasteiger partial charge is 0.405 e. The molecule has 0 amide bonds. The maximum atomic E-state index is 16.8. The number of aromatic nitrogens is 3. The summed E-state index contributed by atoms with van der Waals surface area (Å²) in [4.78, 5) is 16.4. The van der Waals surface area contributed by atoms with Crippen LogP contribution in [0.25, 0.3) is 32.9 Å². The van der Waals surface area contributed by atoms with Crippen LogP contribution in [-0.2, 0) is 6.42 Å². The standard InChI is InChI=1S/C32H34F5N5O3/c1-4-20-22(33)9-8-18-14-19(43)15-21(23(18)20)26-25(34)27-24(29(38-26)44-3)28(41(5-2)16-32(35,36)37)40-30(39-27)45-17-31-10-6-12-42(31)13-7-11-31/h8-9,14-15,43H,4-7,10-13,16-17H2,1-3H3. The van der Waals surface area contributed by atoms with Gasteiger partial charge >= 0.3 is 12.2 Å².